The number of aryl methyl sites for hydroxylation is 1. The molecule has 1 saturated heterocycles. The number of rotatable bonds is 5. The summed E-state index contributed by atoms with van der Waals surface area (Å²) in [6.07, 6.45) is 2.14. The number of carbonyl (C=O) groups is 1. The van der Waals surface area contributed by atoms with Gasteiger partial charge >= 0.3 is 5.97 Å². The highest BCUT2D eigenvalue weighted by Gasteiger charge is 2.39. The maximum Gasteiger partial charge on any atom is 0.329 e. The van der Waals surface area contributed by atoms with E-state index in [-0.39, 0.29) is 5.97 Å². The second kappa shape index (κ2) is 7.65. The fourth-order valence-corrected chi connectivity index (χ4v) is 3.95. The summed E-state index contributed by atoms with van der Waals surface area (Å²) in [7, 11) is 3.93. The number of nitrogens with zero attached hydrogens (tertiary/aromatic N) is 2. The van der Waals surface area contributed by atoms with Gasteiger partial charge in [-0.05, 0) is 63.3 Å². The molecule has 1 aliphatic heterocycles. The lowest BCUT2D eigenvalue weighted by Gasteiger charge is -2.30. The molecule has 1 atom stereocenters. The third kappa shape index (κ3) is 3.93. The number of esters is 1. The molecule has 6 nitrogen and oxygen atoms in total. The summed E-state index contributed by atoms with van der Waals surface area (Å²) in [5.41, 5.74) is 2.07. The summed E-state index contributed by atoms with van der Waals surface area (Å²) in [5, 5.41) is 0. The molecule has 6 heteroatoms. The average Bonchev–Trinajstić information content (AvgIpc) is 3.12. The summed E-state index contributed by atoms with van der Waals surface area (Å²) in [4.78, 5) is 41.6. The summed E-state index contributed by atoms with van der Waals surface area (Å²) >= 11 is 0. The van der Waals surface area contributed by atoms with E-state index >= 15 is 0 Å². The van der Waals surface area contributed by atoms with Crippen LogP contribution in [-0.4, -0.2) is 38.3 Å². The molecular formula is C23H30N2O4. The minimum atomic E-state index is -0.598. The van der Waals surface area contributed by atoms with Gasteiger partial charge in [-0.1, -0.05) is 13.0 Å². The third-order valence-electron chi connectivity index (χ3n) is 5.36. The highest BCUT2D eigenvalue weighted by Crippen LogP contribution is 2.35. The molecule has 1 aliphatic rings. The number of hydrogen-bond donors (Lipinski definition) is 0. The standard InChI is InChI=1S/C23H30N2O4/c1-7-14-13-15(24(5)6)10-11-16(14)18-19(21(27)20(18)26)25-12-8-9-17(25)22(28)29-23(2,3)4/h10-11,13,17H,7-9,12H2,1-6H3. The number of benzene rings is 1. The fourth-order valence-electron chi connectivity index (χ4n) is 3.95. The van der Waals surface area contributed by atoms with E-state index in [2.05, 4.69) is 0 Å². The van der Waals surface area contributed by atoms with Gasteiger partial charge in [-0.3, -0.25) is 9.59 Å². The Morgan fingerprint density at radius 3 is 2.48 bits per heavy atom. The van der Waals surface area contributed by atoms with E-state index in [0.717, 1.165) is 29.7 Å². The molecule has 0 amide bonds. The summed E-state index contributed by atoms with van der Waals surface area (Å²) < 4.78 is 5.56. The van der Waals surface area contributed by atoms with Crippen LogP contribution in [0.1, 0.15) is 46.1 Å². The molecule has 1 unspecified atom stereocenters. The molecule has 0 aromatic heterocycles. The van der Waals surface area contributed by atoms with E-state index in [1.807, 2.05) is 64.9 Å². The third-order valence-corrected chi connectivity index (χ3v) is 5.36. The van der Waals surface area contributed by atoms with E-state index in [1.54, 1.807) is 4.90 Å². The van der Waals surface area contributed by atoms with Gasteiger partial charge in [0, 0.05) is 26.3 Å². The SMILES string of the molecule is CCc1cc(N(C)C)ccc1-c1c(N2CCCC2C(=O)OC(C)(C)C)c(=O)c1=O. The van der Waals surface area contributed by atoms with E-state index in [4.69, 9.17) is 4.74 Å². The van der Waals surface area contributed by atoms with Crippen molar-refractivity contribution >= 4 is 17.3 Å². The Morgan fingerprint density at radius 2 is 1.90 bits per heavy atom. The average molecular weight is 399 g/mol. The molecule has 2 aromatic rings. The second-order valence-corrected chi connectivity index (χ2v) is 8.86. The molecular weight excluding hydrogens is 368 g/mol. The summed E-state index contributed by atoms with van der Waals surface area (Å²) in [6, 6.07) is 5.38. The number of carbonyl (C=O) groups excluding carboxylic acids is 1. The van der Waals surface area contributed by atoms with Gasteiger partial charge in [0.05, 0.1) is 5.56 Å². The van der Waals surface area contributed by atoms with E-state index in [9.17, 15) is 14.4 Å². The molecule has 0 N–H and O–H groups in total. The molecule has 156 valence electrons. The lowest BCUT2D eigenvalue weighted by Crippen LogP contribution is -2.48. The van der Waals surface area contributed by atoms with Crippen LogP contribution in [0, 0.1) is 0 Å². The lowest BCUT2D eigenvalue weighted by molar-refractivity contribution is -0.156. The van der Waals surface area contributed by atoms with Crippen molar-refractivity contribution in [2.75, 3.05) is 30.4 Å². The first-order valence-corrected chi connectivity index (χ1v) is 10.2. The van der Waals surface area contributed by atoms with Crippen molar-refractivity contribution < 1.29 is 9.53 Å². The van der Waals surface area contributed by atoms with Gasteiger partial charge in [0.15, 0.2) is 0 Å². The molecule has 2 aromatic carbocycles. The quantitative estimate of drug-likeness (QED) is 0.570. The van der Waals surface area contributed by atoms with Crippen molar-refractivity contribution in [3.8, 4) is 11.1 Å². The Bertz CT molecular complexity index is 993. The monoisotopic (exact) mass is 398 g/mol. The van der Waals surface area contributed by atoms with Crippen LogP contribution in [0.25, 0.3) is 11.1 Å². The first-order valence-electron chi connectivity index (χ1n) is 10.2. The first kappa shape index (κ1) is 21.1. The van der Waals surface area contributed by atoms with Gasteiger partial charge < -0.3 is 14.5 Å². The minimum absolute atomic E-state index is 0.340. The predicted octanol–water partition coefficient (Wildman–Crippen LogP) is 2.89. The highest BCUT2D eigenvalue weighted by molar-refractivity contribution is 5.89. The Balaban J connectivity index is 2.02. The van der Waals surface area contributed by atoms with Gasteiger partial charge in [0.2, 0.25) is 10.9 Å². The van der Waals surface area contributed by atoms with Crippen molar-refractivity contribution in [1.82, 2.24) is 0 Å². The maximum atomic E-state index is 12.7. The topological polar surface area (TPSA) is 66.9 Å². The Morgan fingerprint density at radius 1 is 1.21 bits per heavy atom. The number of anilines is 2. The Kier molecular flexibility index (Phi) is 5.57. The molecule has 3 rings (SSSR count). The van der Waals surface area contributed by atoms with E-state index < -0.39 is 22.5 Å². The number of ether oxygens (including phenoxy) is 1. The van der Waals surface area contributed by atoms with E-state index in [0.29, 0.717) is 24.2 Å². The highest BCUT2D eigenvalue weighted by atomic mass is 16.6. The lowest BCUT2D eigenvalue weighted by atomic mass is 9.91. The van der Waals surface area contributed by atoms with Gasteiger partial charge in [-0.15, -0.1) is 0 Å². The van der Waals surface area contributed by atoms with Crippen LogP contribution < -0.4 is 20.7 Å². The van der Waals surface area contributed by atoms with Crippen molar-refractivity contribution in [3.05, 3.63) is 44.2 Å². The predicted molar refractivity (Wildman–Crippen MR) is 117 cm³/mol. The molecule has 0 aliphatic carbocycles. The van der Waals surface area contributed by atoms with Crippen LogP contribution in [0.2, 0.25) is 0 Å². The van der Waals surface area contributed by atoms with Crippen molar-refractivity contribution in [1.29, 1.82) is 0 Å². The van der Waals surface area contributed by atoms with Crippen LogP contribution >= 0.6 is 0 Å². The molecule has 0 bridgehead atoms. The Labute approximate surface area is 171 Å². The smallest absolute Gasteiger partial charge is 0.329 e. The van der Waals surface area contributed by atoms with Crippen LogP contribution in [0.3, 0.4) is 0 Å². The Hall–Kier alpha value is -2.63. The molecule has 1 heterocycles. The first-order chi connectivity index (χ1) is 13.5. The van der Waals surface area contributed by atoms with Crippen LogP contribution in [0.15, 0.2) is 27.8 Å². The van der Waals surface area contributed by atoms with Gasteiger partial charge in [-0.2, -0.15) is 0 Å². The van der Waals surface area contributed by atoms with E-state index in [1.165, 1.54) is 0 Å². The molecule has 29 heavy (non-hydrogen) atoms. The summed E-state index contributed by atoms with van der Waals surface area (Å²) in [5.74, 6) is -0.340. The second-order valence-electron chi connectivity index (χ2n) is 8.86. The minimum Gasteiger partial charge on any atom is -0.458 e. The van der Waals surface area contributed by atoms with Crippen molar-refractivity contribution in [2.24, 2.45) is 0 Å². The fraction of sp³-hybridized carbons (Fsp3) is 0.522. The van der Waals surface area contributed by atoms with Crippen LogP contribution in [0.5, 0.6) is 0 Å². The molecule has 0 radical (unpaired) electrons. The van der Waals surface area contributed by atoms with Crippen LogP contribution in [0.4, 0.5) is 11.4 Å². The zero-order valence-electron chi connectivity index (χ0n) is 18.2. The normalized spacial score (nSPS) is 17.0. The zero-order valence-corrected chi connectivity index (χ0v) is 18.2. The molecule has 0 saturated carbocycles. The van der Waals surface area contributed by atoms with Crippen molar-refractivity contribution in [3.63, 3.8) is 0 Å². The van der Waals surface area contributed by atoms with Crippen molar-refractivity contribution in [2.45, 2.75) is 58.6 Å². The van der Waals surface area contributed by atoms with Gasteiger partial charge in [0.25, 0.3) is 0 Å². The largest absolute Gasteiger partial charge is 0.458 e. The van der Waals surface area contributed by atoms with Crippen LogP contribution in [-0.2, 0) is 16.0 Å². The summed E-state index contributed by atoms with van der Waals surface area (Å²) in [6.45, 7) is 8.08. The molecule has 1 fully saturated rings. The number of hydrogen-bond acceptors (Lipinski definition) is 6. The zero-order chi connectivity index (χ0) is 21.5. The van der Waals surface area contributed by atoms with Gasteiger partial charge in [-0.25, -0.2) is 4.79 Å². The maximum absolute atomic E-state index is 12.7. The molecule has 0 spiro atoms. The van der Waals surface area contributed by atoms with Gasteiger partial charge in [0.1, 0.15) is 17.3 Å².